The minimum Gasteiger partial charge on any atom is -0.308 e. The summed E-state index contributed by atoms with van der Waals surface area (Å²) in [7, 11) is 2.11. The van der Waals surface area contributed by atoms with Crippen molar-refractivity contribution in [2.45, 2.75) is 32.2 Å². The SMILES string of the molecule is CN1CCc2ccc(NC(=O)N3CC(C)(C)c4cc(F)ccc43)cc2C1. The van der Waals surface area contributed by atoms with Gasteiger partial charge in [0, 0.05) is 36.4 Å². The van der Waals surface area contributed by atoms with Crippen molar-refractivity contribution < 1.29 is 9.18 Å². The number of nitrogens with zero attached hydrogens (tertiary/aromatic N) is 2. The maximum atomic E-state index is 13.6. The second kappa shape index (κ2) is 6.09. The molecule has 0 unspecified atom stereocenters. The molecule has 2 amide bonds. The molecule has 0 atom stereocenters. The van der Waals surface area contributed by atoms with E-state index in [2.05, 4.69) is 29.4 Å². The summed E-state index contributed by atoms with van der Waals surface area (Å²) in [4.78, 5) is 16.9. The average molecular weight is 353 g/mol. The Balaban J connectivity index is 1.58. The zero-order valence-electron chi connectivity index (χ0n) is 15.5. The Morgan fingerprint density at radius 3 is 2.77 bits per heavy atom. The highest BCUT2D eigenvalue weighted by Gasteiger charge is 2.38. The molecule has 0 aliphatic carbocycles. The molecule has 4 nitrogen and oxygen atoms in total. The van der Waals surface area contributed by atoms with Crippen LogP contribution in [0.5, 0.6) is 0 Å². The summed E-state index contributed by atoms with van der Waals surface area (Å²) in [6.07, 6.45) is 1.04. The summed E-state index contributed by atoms with van der Waals surface area (Å²) >= 11 is 0. The van der Waals surface area contributed by atoms with Gasteiger partial charge >= 0.3 is 6.03 Å². The predicted octanol–water partition coefficient (Wildman–Crippen LogP) is 4.14. The minimum atomic E-state index is -0.270. The Morgan fingerprint density at radius 1 is 1.15 bits per heavy atom. The van der Waals surface area contributed by atoms with Crippen LogP contribution in [0.2, 0.25) is 0 Å². The van der Waals surface area contributed by atoms with Gasteiger partial charge in [-0.25, -0.2) is 9.18 Å². The molecule has 2 aliphatic heterocycles. The smallest absolute Gasteiger partial charge is 0.308 e. The number of amides is 2. The van der Waals surface area contributed by atoms with Crippen molar-refractivity contribution in [2.75, 3.05) is 30.4 Å². The van der Waals surface area contributed by atoms with E-state index in [-0.39, 0.29) is 17.3 Å². The molecule has 2 aromatic carbocycles. The number of halogens is 1. The number of likely N-dealkylation sites (N-methyl/N-ethyl adjacent to an activating group) is 1. The number of hydrogen-bond acceptors (Lipinski definition) is 2. The summed E-state index contributed by atoms with van der Waals surface area (Å²) in [6, 6.07) is 10.6. The molecule has 136 valence electrons. The van der Waals surface area contributed by atoms with Crippen LogP contribution in [0.15, 0.2) is 36.4 Å². The molecule has 2 aromatic rings. The minimum absolute atomic E-state index is 0.174. The van der Waals surface area contributed by atoms with Crippen LogP contribution in [0.25, 0.3) is 0 Å². The van der Waals surface area contributed by atoms with Gasteiger partial charge in [-0.15, -0.1) is 0 Å². The molecule has 4 rings (SSSR count). The van der Waals surface area contributed by atoms with Gasteiger partial charge in [0.1, 0.15) is 5.82 Å². The Labute approximate surface area is 153 Å². The fraction of sp³-hybridized carbons (Fsp3) is 0.381. The molecule has 5 heteroatoms. The van der Waals surface area contributed by atoms with Crippen molar-refractivity contribution in [1.82, 2.24) is 4.90 Å². The van der Waals surface area contributed by atoms with E-state index in [1.165, 1.54) is 23.3 Å². The normalized spacial score (nSPS) is 18.4. The monoisotopic (exact) mass is 353 g/mol. The van der Waals surface area contributed by atoms with Crippen molar-refractivity contribution in [3.8, 4) is 0 Å². The van der Waals surface area contributed by atoms with Gasteiger partial charge in [0.25, 0.3) is 0 Å². The summed E-state index contributed by atoms with van der Waals surface area (Å²) < 4.78 is 13.6. The van der Waals surface area contributed by atoms with E-state index in [0.29, 0.717) is 6.54 Å². The van der Waals surface area contributed by atoms with E-state index in [9.17, 15) is 9.18 Å². The highest BCUT2D eigenvalue weighted by Crippen LogP contribution is 2.41. The van der Waals surface area contributed by atoms with Gasteiger partial charge in [0.2, 0.25) is 0 Å². The fourth-order valence-corrected chi connectivity index (χ4v) is 4.00. The molecule has 1 N–H and O–H groups in total. The topological polar surface area (TPSA) is 35.6 Å². The number of urea groups is 1. The Morgan fingerprint density at radius 2 is 1.96 bits per heavy atom. The van der Waals surface area contributed by atoms with E-state index in [0.717, 1.165) is 36.4 Å². The first-order valence-corrected chi connectivity index (χ1v) is 9.02. The third-order valence-corrected chi connectivity index (χ3v) is 5.44. The molecule has 2 aliphatic rings. The summed E-state index contributed by atoms with van der Waals surface area (Å²) in [5.74, 6) is -0.266. The van der Waals surface area contributed by atoms with Crippen LogP contribution in [0, 0.1) is 5.82 Å². The first-order chi connectivity index (χ1) is 12.3. The lowest BCUT2D eigenvalue weighted by Crippen LogP contribution is -2.37. The van der Waals surface area contributed by atoms with Gasteiger partial charge in [-0.1, -0.05) is 19.9 Å². The molecule has 0 aromatic heterocycles. The molecular weight excluding hydrogens is 329 g/mol. The molecule has 0 fully saturated rings. The van der Waals surface area contributed by atoms with E-state index in [4.69, 9.17) is 0 Å². The zero-order chi connectivity index (χ0) is 18.5. The average Bonchev–Trinajstić information content (AvgIpc) is 2.85. The number of carbonyl (C=O) groups excluding carboxylic acids is 1. The van der Waals surface area contributed by atoms with Crippen molar-refractivity contribution >= 4 is 17.4 Å². The molecule has 0 saturated carbocycles. The maximum Gasteiger partial charge on any atom is 0.326 e. The van der Waals surface area contributed by atoms with Crippen LogP contribution in [0.1, 0.15) is 30.5 Å². The van der Waals surface area contributed by atoms with Crippen LogP contribution < -0.4 is 10.2 Å². The molecule has 0 bridgehead atoms. The molecular formula is C21H24FN3O. The summed E-state index contributed by atoms with van der Waals surface area (Å²) in [5.41, 5.74) is 4.81. The lowest BCUT2D eigenvalue weighted by molar-refractivity contribution is 0.256. The predicted molar refractivity (Wildman–Crippen MR) is 102 cm³/mol. The Hall–Kier alpha value is -2.40. The summed E-state index contributed by atoms with van der Waals surface area (Å²) in [6.45, 7) is 6.57. The van der Waals surface area contributed by atoms with Gasteiger partial charge in [-0.2, -0.15) is 0 Å². The number of fused-ring (bicyclic) bond motifs is 2. The van der Waals surface area contributed by atoms with Gasteiger partial charge in [-0.3, -0.25) is 4.90 Å². The van der Waals surface area contributed by atoms with E-state index in [1.54, 1.807) is 11.0 Å². The standard InChI is InChI=1S/C21H24FN3O/c1-21(2)13-25(19-7-5-16(22)11-18(19)21)20(26)23-17-6-4-14-8-9-24(3)12-15(14)10-17/h4-7,10-11H,8-9,12-13H2,1-3H3,(H,23,26). The molecule has 2 heterocycles. The first-order valence-electron chi connectivity index (χ1n) is 9.02. The van der Waals surface area contributed by atoms with Crippen LogP contribution in [-0.2, 0) is 18.4 Å². The number of nitrogens with one attached hydrogen (secondary N) is 1. The Kier molecular flexibility index (Phi) is 3.99. The number of benzene rings is 2. The molecule has 0 saturated heterocycles. The van der Waals surface area contributed by atoms with E-state index >= 15 is 0 Å². The highest BCUT2D eigenvalue weighted by molar-refractivity contribution is 6.03. The number of carbonyl (C=O) groups is 1. The van der Waals surface area contributed by atoms with Crippen LogP contribution in [0.4, 0.5) is 20.6 Å². The zero-order valence-corrected chi connectivity index (χ0v) is 15.5. The van der Waals surface area contributed by atoms with Gasteiger partial charge < -0.3 is 10.2 Å². The van der Waals surface area contributed by atoms with Gasteiger partial charge in [-0.05, 0) is 60.5 Å². The number of anilines is 2. The third kappa shape index (κ3) is 2.97. The maximum absolute atomic E-state index is 13.6. The van der Waals surface area contributed by atoms with Crippen molar-refractivity contribution in [3.63, 3.8) is 0 Å². The largest absolute Gasteiger partial charge is 0.326 e. The van der Waals surface area contributed by atoms with E-state index in [1.807, 2.05) is 19.9 Å². The number of rotatable bonds is 1. The van der Waals surface area contributed by atoms with Crippen LogP contribution in [-0.4, -0.2) is 31.1 Å². The second-order valence-electron chi connectivity index (χ2n) is 8.03. The van der Waals surface area contributed by atoms with E-state index < -0.39 is 0 Å². The molecule has 26 heavy (non-hydrogen) atoms. The Bertz CT molecular complexity index is 878. The van der Waals surface area contributed by atoms with Crippen molar-refractivity contribution in [2.24, 2.45) is 0 Å². The number of hydrogen-bond donors (Lipinski definition) is 1. The quantitative estimate of drug-likeness (QED) is 0.836. The van der Waals surface area contributed by atoms with Crippen LogP contribution in [0.3, 0.4) is 0 Å². The lowest BCUT2D eigenvalue weighted by atomic mass is 9.87. The van der Waals surface area contributed by atoms with Gasteiger partial charge in [0.15, 0.2) is 0 Å². The van der Waals surface area contributed by atoms with Crippen LogP contribution >= 0.6 is 0 Å². The van der Waals surface area contributed by atoms with Crippen molar-refractivity contribution in [3.05, 3.63) is 58.9 Å². The summed E-state index contributed by atoms with van der Waals surface area (Å²) in [5, 5.41) is 3.02. The molecule has 0 radical (unpaired) electrons. The lowest BCUT2D eigenvalue weighted by Gasteiger charge is -2.26. The molecule has 0 spiro atoms. The van der Waals surface area contributed by atoms with Crippen molar-refractivity contribution in [1.29, 1.82) is 0 Å². The highest BCUT2D eigenvalue weighted by atomic mass is 19.1. The first kappa shape index (κ1) is 17.0. The van der Waals surface area contributed by atoms with Gasteiger partial charge in [0.05, 0.1) is 0 Å². The second-order valence-corrected chi connectivity index (χ2v) is 8.03. The third-order valence-electron chi connectivity index (χ3n) is 5.44. The fourth-order valence-electron chi connectivity index (χ4n) is 4.00.